The summed E-state index contributed by atoms with van der Waals surface area (Å²) < 4.78 is 5.08. The molecule has 1 N–H and O–H groups in total. The summed E-state index contributed by atoms with van der Waals surface area (Å²) in [5.41, 5.74) is 1.04. The predicted octanol–water partition coefficient (Wildman–Crippen LogP) is 1.32. The molecule has 3 aliphatic rings. The Morgan fingerprint density at radius 1 is 1.29 bits per heavy atom. The summed E-state index contributed by atoms with van der Waals surface area (Å²) >= 11 is 1.29. The fraction of sp³-hybridized carbons (Fsp3) is 0.350. The van der Waals surface area contributed by atoms with Crippen LogP contribution < -0.4 is 5.32 Å². The summed E-state index contributed by atoms with van der Waals surface area (Å²) in [4.78, 5) is 44.3. The molecule has 0 aliphatic carbocycles. The topological polar surface area (TPSA) is 125 Å². The molecule has 0 radical (unpaired) electrons. The van der Waals surface area contributed by atoms with Gasteiger partial charge in [0.1, 0.15) is 11.1 Å². The molecule has 1 saturated heterocycles. The van der Waals surface area contributed by atoms with Gasteiger partial charge in [0.15, 0.2) is 17.0 Å². The van der Waals surface area contributed by atoms with E-state index in [1.165, 1.54) is 11.8 Å². The number of amidine groups is 2. The number of benzene rings is 1. The standard InChI is InChI=1S/C20H19N7O3S/c1-11-22-18(30-26-11)15-24-17(29)14-19(25-15)31-20(23-14)27-9-5-8-13(27)16(28)21-10-12-6-3-2-4-7-12/h2-4,6-7,13-14H,5,8-10H2,1H3,(H,21,28)/t13-,14?/m1/s1. The second-order valence-electron chi connectivity index (χ2n) is 7.34. The molecule has 5 rings (SSSR count). The summed E-state index contributed by atoms with van der Waals surface area (Å²) in [7, 11) is 0. The maximum Gasteiger partial charge on any atom is 0.295 e. The number of amides is 2. The van der Waals surface area contributed by atoms with E-state index in [9.17, 15) is 9.59 Å². The number of nitrogens with one attached hydrogen (secondary N) is 1. The molecule has 1 fully saturated rings. The third-order valence-corrected chi connectivity index (χ3v) is 6.21. The molecule has 158 valence electrons. The lowest BCUT2D eigenvalue weighted by atomic mass is 10.2. The van der Waals surface area contributed by atoms with E-state index in [0.29, 0.717) is 29.1 Å². The number of fused-ring (bicyclic) bond motifs is 1. The van der Waals surface area contributed by atoms with Gasteiger partial charge in [0.2, 0.25) is 11.7 Å². The lowest BCUT2D eigenvalue weighted by Gasteiger charge is -2.24. The van der Waals surface area contributed by atoms with Crippen LogP contribution in [-0.2, 0) is 16.1 Å². The summed E-state index contributed by atoms with van der Waals surface area (Å²) in [6, 6.07) is 8.67. The SMILES string of the molecule is Cc1noc(C2=NC(=O)C3N=C(N4CCC[C@@H]4C(=O)NCc4ccccc4)SC3=N2)n1. The highest BCUT2D eigenvalue weighted by Gasteiger charge is 2.42. The molecule has 0 saturated carbocycles. The number of hydrogen-bond donors (Lipinski definition) is 1. The Kier molecular flexibility index (Phi) is 5.10. The number of aliphatic imine (C=N–C) groups is 3. The third kappa shape index (κ3) is 3.88. The van der Waals surface area contributed by atoms with Crippen LogP contribution in [0.4, 0.5) is 0 Å². The summed E-state index contributed by atoms with van der Waals surface area (Å²) in [5, 5.41) is 7.85. The Hall–Kier alpha value is -3.34. The molecule has 1 aromatic heterocycles. The molecule has 0 spiro atoms. The van der Waals surface area contributed by atoms with Gasteiger partial charge in [-0.1, -0.05) is 35.5 Å². The molecule has 4 heterocycles. The minimum absolute atomic E-state index is 0.0499. The Labute approximate surface area is 181 Å². The number of carbonyl (C=O) groups is 2. The van der Waals surface area contributed by atoms with Gasteiger partial charge in [-0.05, 0) is 37.1 Å². The number of aryl methyl sites for hydroxylation is 1. The zero-order chi connectivity index (χ0) is 21.4. The minimum atomic E-state index is -0.776. The number of hydrogen-bond acceptors (Lipinski definition) is 9. The van der Waals surface area contributed by atoms with E-state index in [1.807, 2.05) is 35.2 Å². The van der Waals surface area contributed by atoms with Crippen molar-refractivity contribution in [1.29, 1.82) is 0 Å². The van der Waals surface area contributed by atoms with Crippen LogP contribution in [0.15, 0.2) is 49.8 Å². The van der Waals surface area contributed by atoms with Crippen LogP contribution in [0, 0.1) is 6.92 Å². The quantitative estimate of drug-likeness (QED) is 0.764. The molecule has 1 unspecified atom stereocenters. The summed E-state index contributed by atoms with van der Waals surface area (Å²) in [6.07, 6.45) is 1.60. The van der Waals surface area contributed by atoms with Gasteiger partial charge in [-0.3, -0.25) is 9.59 Å². The Bertz CT molecular complexity index is 1120. The first kappa shape index (κ1) is 19.6. The van der Waals surface area contributed by atoms with Crippen molar-refractivity contribution in [2.75, 3.05) is 6.54 Å². The molecule has 0 bridgehead atoms. The van der Waals surface area contributed by atoms with Crippen molar-refractivity contribution in [3.63, 3.8) is 0 Å². The average molecular weight is 437 g/mol. The van der Waals surface area contributed by atoms with Crippen molar-refractivity contribution in [3.05, 3.63) is 47.6 Å². The number of carbonyl (C=O) groups excluding carboxylic acids is 2. The van der Waals surface area contributed by atoms with E-state index < -0.39 is 11.9 Å². The van der Waals surface area contributed by atoms with Gasteiger partial charge < -0.3 is 14.7 Å². The van der Waals surface area contributed by atoms with E-state index in [4.69, 9.17) is 4.52 Å². The van der Waals surface area contributed by atoms with Crippen LogP contribution in [-0.4, -0.2) is 61.5 Å². The monoisotopic (exact) mass is 437 g/mol. The number of likely N-dealkylation sites (tertiary alicyclic amines) is 1. The smallest absolute Gasteiger partial charge is 0.295 e. The fourth-order valence-electron chi connectivity index (χ4n) is 3.67. The molecule has 11 heteroatoms. The van der Waals surface area contributed by atoms with Gasteiger partial charge in [-0.2, -0.15) is 9.98 Å². The van der Waals surface area contributed by atoms with Crippen LogP contribution >= 0.6 is 11.8 Å². The Balaban J connectivity index is 1.29. The second kappa shape index (κ2) is 8.06. The molecule has 10 nitrogen and oxygen atoms in total. The molecular formula is C20H19N7O3S. The van der Waals surface area contributed by atoms with Crippen molar-refractivity contribution < 1.29 is 14.1 Å². The summed E-state index contributed by atoms with van der Waals surface area (Å²) in [6.45, 7) is 2.84. The van der Waals surface area contributed by atoms with Gasteiger partial charge in [0, 0.05) is 13.1 Å². The molecule has 2 amide bonds. The molecule has 3 aliphatic heterocycles. The average Bonchev–Trinajstić information content (AvgIpc) is 3.51. The van der Waals surface area contributed by atoms with E-state index >= 15 is 0 Å². The molecule has 2 atom stereocenters. The van der Waals surface area contributed by atoms with E-state index in [0.717, 1.165) is 18.4 Å². The lowest BCUT2D eigenvalue weighted by Crippen LogP contribution is -2.44. The Morgan fingerprint density at radius 2 is 2.13 bits per heavy atom. The van der Waals surface area contributed by atoms with Crippen LogP contribution in [0.5, 0.6) is 0 Å². The van der Waals surface area contributed by atoms with E-state index in [2.05, 4.69) is 30.4 Å². The number of thioether (sulfide) groups is 1. The van der Waals surface area contributed by atoms with Crippen LogP contribution in [0.25, 0.3) is 0 Å². The minimum Gasteiger partial charge on any atom is -0.350 e. The number of aromatic nitrogens is 2. The lowest BCUT2D eigenvalue weighted by molar-refractivity contribution is -0.124. The number of nitrogens with zero attached hydrogens (tertiary/aromatic N) is 6. The van der Waals surface area contributed by atoms with Crippen molar-refractivity contribution in [1.82, 2.24) is 20.4 Å². The normalized spacial score (nSPS) is 22.7. The van der Waals surface area contributed by atoms with Gasteiger partial charge >= 0.3 is 0 Å². The highest BCUT2D eigenvalue weighted by molar-refractivity contribution is 8.27. The first-order chi connectivity index (χ1) is 15.1. The van der Waals surface area contributed by atoms with Crippen LogP contribution in [0.3, 0.4) is 0 Å². The second-order valence-corrected chi connectivity index (χ2v) is 8.33. The first-order valence-electron chi connectivity index (χ1n) is 9.94. The molecule has 31 heavy (non-hydrogen) atoms. The predicted molar refractivity (Wildman–Crippen MR) is 115 cm³/mol. The van der Waals surface area contributed by atoms with Crippen molar-refractivity contribution >= 4 is 39.6 Å². The first-order valence-corrected chi connectivity index (χ1v) is 10.8. The van der Waals surface area contributed by atoms with Crippen molar-refractivity contribution in [2.24, 2.45) is 15.0 Å². The maximum atomic E-state index is 12.8. The van der Waals surface area contributed by atoms with E-state index in [1.54, 1.807) is 6.92 Å². The maximum absolute atomic E-state index is 12.8. The van der Waals surface area contributed by atoms with Gasteiger partial charge in [-0.15, -0.1) is 0 Å². The molecule has 1 aromatic carbocycles. The molecule has 2 aromatic rings. The van der Waals surface area contributed by atoms with Crippen molar-refractivity contribution in [2.45, 2.75) is 38.4 Å². The van der Waals surface area contributed by atoms with Gasteiger partial charge in [0.25, 0.3) is 11.8 Å². The van der Waals surface area contributed by atoms with Crippen LogP contribution in [0.1, 0.15) is 30.1 Å². The Morgan fingerprint density at radius 3 is 2.90 bits per heavy atom. The number of rotatable bonds is 4. The van der Waals surface area contributed by atoms with Gasteiger partial charge in [0.05, 0.1) is 0 Å². The fourth-order valence-corrected chi connectivity index (χ4v) is 4.75. The highest BCUT2D eigenvalue weighted by Crippen LogP contribution is 2.32. The highest BCUT2D eigenvalue weighted by atomic mass is 32.2. The third-order valence-electron chi connectivity index (χ3n) is 5.16. The van der Waals surface area contributed by atoms with Crippen LogP contribution in [0.2, 0.25) is 0 Å². The largest absolute Gasteiger partial charge is 0.350 e. The molecular weight excluding hydrogens is 418 g/mol. The summed E-state index contributed by atoms with van der Waals surface area (Å²) in [5.74, 6) is 0.156. The van der Waals surface area contributed by atoms with Gasteiger partial charge in [-0.25, -0.2) is 9.98 Å². The zero-order valence-corrected chi connectivity index (χ0v) is 17.5. The van der Waals surface area contributed by atoms with E-state index in [-0.39, 0.29) is 23.7 Å². The van der Waals surface area contributed by atoms with Crippen molar-refractivity contribution in [3.8, 4) is 0 Å². The zero-order valence-electron chi connectivity index (χ0n) is 16.7.